The van der Waals surface area contributed by atoms with Gasteiger partial charge in [-0.3, -0.25) is 0 Å². The van der Waals surface area contributed by atoms with E-state index in [1.54, 1.807) is 0 Å². The molecule has 0 nitrogen and oxygen atoms in total. The average molecular weight is 314 g/mol. The Balaban J connectivity index is 2.59. The second-order valence-electron chi connectivity index (χ2n) is 8.53. The van der Waals surface area contributed by atoms with E-state index in [4.69, 9.17) is 0 Å². The summed E-state index contributed by atoms with van der Waals surface area (Å²) in [6.45, 7) is 17.1. The van der Waals surface area contributed by atoms with E-state index in [1.807, 2.05) is 0 Å². The Morgan fingerprint density at radius 1 is 0.909 bits per heavy atom. The molecule has 0 fully saturated rings. The zero-order valence-corrected chi connectivity index (χ0v) is 16.2. The predicted octanol–water partition coefficient (Wildman–Crippen LogP) is 6.87. The van der Waals surface area contributed by atoms with Gasteiger partial charge in [-0.2, -0.15) is 0 Å². The highest BCUT2D eigenvalue weighted by Gasteiger charge is 2.48. The van der Waals surface area contributed by atoms with Crippen LogP contribution in [0.25, 0.3) is 5.57 Å². The third-order valence-corrected chi connectivity index (χ3v) is 8.51. The molecule has 0 aromatic heterocycles. The first-order chi connectivity index (χ1) is 10.1. The van der Waals surface area contributed by atoms with Crippen LogP contribution in [0.2, 0.25) is 0 Å². The van der Waals surface area contributed by atoms with Gasteiger partial charge in [0.05, 0.1) is 0 Å². The lowest BCUT2D eigenvalue weighted by Crippen LogP contribution is -2.40. The van der Waals surface area contributed by atoms with Crippen molar-refractivity contribution in [3.8, 4) is 0 Å². The lowest BCUT2D eigenvalue weighted by Gasteiger charge is -2.54. The molecule has 1 aromatic carbocycles. The van der Waals surface area contributed by atoms with Crippen LogP contribution in [0.3, 0.4) is 0 Å². The first kappa shape index (κ1) is 17.5. The molecule has 1 atom stereocenters. The first-order valence-electron chi connectivity index (χ1n) is 8.30. The number of allylic oxidation sites excluding steroid dienone is 4. The first-order valence-corrected chi connectivity index (χ1v) is 9.64. The molecule has 0 unspecified atom stereocenters. The van der Waals surface area contributed by atoms with Gasteiger partial charge in [-0.1, -0.05) is 105 Å². The van der Waals surface area contributed by atoms with Crippen LogP contribution in [-0.2, 0) is 0 Å². The van der Waals surface area contributed by atoms with Crippen molar-refractivity contribution in [1.29, 1.82) is 0 Å². The number of hydrogen-bond donors (Lipinski definition) is 0. The van der Waals surface area contributed by atoms with Gasteiger partial charge in [-0.25, -0.2) is 0 Å². The van der Waals surface area contributed by atoms with Crippen LogP contribution in [0, 0.1) is 0 Å². The van der Waals surface area contributed by atoms with Crippen molar-refractivity contribution >= 4 is 13.5 Å². The van der Waals surface area contributed by atoms with Gasteiger partial charge in [0.15, 0.2) is 0 Å². The Morgan fingerprint density at radius 2 is 1.45 bits per heavy atom. The van der Waals surface area contributed by atoms with Crippen LogP contribution >= 0.6 is 7.92 Å². The fourth-order valence-electron chi connectivity index (χ4n) is 4.47. The molecule has 120 valence electrons. The summed E-state index contributed by atoms with van der Waals surface area (Å²) in [5, 5.41) is 0.866. The van der Waals surface area contributed by atoms with Crippen LogP contribution in [0.15, 0.2) is 48.6 Å². The largest absolute Gasteiger partial charge is 0.0847 e. The van der Waals surface area contributed by atoms with Crippen molar-refractivity contribution in [2.75, 3.05) is 0 Å². The highest BCUT2D eigenvalue weighted by Crippen LogP contribution is 2.71. The average Bonchev–Trinajstić information content (AvgIpc) is 2.36. The molecule has 1 aromatic rings. The van der Waals surface area contributed by atoms with Crippen molar-refractivity contribution in [2.24, 2.45) is 0 Å². The summed E-state index contributed by atoms with van der Waals surface area (Å²) in [6.07, 6.45) is 8.10. The van der Waals surface area contributed by atoms with Gasteiger partial charge in [0, 0.05) is 5.16 Å². The predicted molar refractivity (Wildman–Crippen MR) is 103 cm³/mol. The summed E-state index contributed by atoms with van der Waals surface area (Å²) in [4.78, 5) is 0. The number of hydrogen-bond acceptors (Lipinski definition) is 0. The Morgan fingerprint density at radius 3 is 1.95 bits per heavy atom. The molecule has 0 heterocycles. The van der Waals surface area contributed by atoms with Crippen LogP contribution in [0.5, 0.6) is 0 Å². The summed E-state index contributed by atoms with van der Waals surface area (Å²) in [6, 6.07) is 11.0. The van der Waals surface area contributed by atoms with E-state index >= 15 is 0 Å². The fourth-order valence-corrected chi connectivity index (χ4v) is 10.2. The number of rotatable bonds is 2. The molecule has 0 aliphatic heterocycles. The maximum absolute atomic E-state index is 2.50. The summed E-state index contributed by atoms with van der Waals surface area (Å²) in [7, 11) is -0.225. The zero-order chi connectivity index (χ0) is 16.6. The van der Waals surface area contributed by atoms with Gasteiger partial charge in [0.1, 0.15) is 0 Å². The van der Waals surface area contributed by atoms with Gasteiger partial charge >= 0.3 is 0 Å². The molecule has 1 aliphatic carbocycles. The summed E-state index contributed by atoms with van der Waals surface area (Å²) < 4.78 is 0. The van der Waals surface area contributed by atoms with E-state index in [1.165, 1.54) is 11.1 Å². The molecular formula is C21H31P. The standard InChI is InChI=1S/C21H31P/c1-19(2,3)22(20(4,5)6)21(7)16-12-11-15-18(21)17-13-9-8-10-14-17/h8-15H,16H2,1-7H3/t21-/m0/s1. The molecular weight excluding hydrogens is 283 g/mol. The molecule has 1 aliphatic rings. The van der Waals surface area contributed by atoms with Crippen LogP contribution < -0.4 is 0 Å². The van der Waals surface area contributed by atoms with Gasteiger partial charge in [-0.15, -0.1) is 0 Å². The molecule has 0 N–H and O–H groups in total. The van der Waals surface area contributed by atoms with Crippen LogP contribution in [-0.4, -0.2) is 15.5 Å². The topological polar surface area (TPSA) is 0 Å². The molecule has 0 spiro atoms. The quantitative estimate of drug-likeness (QED) is 0.523. The van der Waals surface area contributed by atoms with Gasteiger partial charge in [0.25, 0.3) is 0 Å². The van der Waals surface area contributed by atoms with Crippen molar-refractivity contribution in [3.63, 3.8) is 0 Å². The molecule has 0 amide bonds. The lowest BCUT2D eigenvalue weighted by molar-refractivity contribution is 0.653. The van der Waals surface area contributed by atoms with E-state index in [2.05, 4.69) is 97.0 Å². The maximum atomic E-state index is 2.50. The van der Waals surface area contributed by atoms with Gasteiger partial charge in [0.2, 0.25) is 0 Å². The Hall–Kier alpha value is -0.870. The van der Waals surface area contributed by atoms with Crippen molar-refractivity contribution < 1.29 is 0 Å². The molecule has 0 radical (unpaired) electrons. The molecule has 0 saturated carbocycles. The number of benzene rings is 1. The Bertz CT molecular complexity index is 552. The van der Waals surface area contributed by atoms with Gasteiger partial charge < -0.3 is 0 Å². The normalized spacial score (nSPS) is 22.8. The van der Waals surface area contributed by atoms with E-state index in [0.29, 0.717) is 10.3 Å². The summed E-state index contributed by atoms with van der Waals surface area (Å²) in [5.74, 6) is 0. The van der Waals surface area contributed by atoms with Crippen LogP contribution in [0.4, 0.5) is 0 Å². The molecule has 0 saturated heterocycles. The smallest absolute Gasteiger partial charge is 0.0176 e. The highest BCUT2D eigenvalue weighted by atomic mass is 31.1. The van der Waals surface area contributed by atoms with Crippen LogP contribution in [0.1, 0.15) is 60.5 Å². The second-order valence-corrected chi connectivity index (χ2v) is 12.9. The molecule has 2 rings (SSSR count). The van der Waals surface area contributed by atoms with Gasteiger partial charge in [-0.05, 0) is 27.9 Å². The lowest BCUT2D eigenvalue weighted by atomic mass is 9.87. The zero-order valence-electron chi connectivity index (χ0n) is 15.3. The molecule has 0 bridgehead atoms. The minimum Gasteiger partial charge on any atom is -0.0847 e. The minimum atomic E-state index is -0.225. The SMILES string of the molecule is CC(C)(C)P(C(C)(C)C)[C@@]1(C)CC=CC=C1c1ccccc1. The highest BCUT2D eigenvalue weighted by molar-refractivity contribution is 7.63. The van der Waals surface area contributed by atoms with E-state index in [-0.39, 0.29) is 13.1 Å². The summed E-state index contributed by atoms with van der Waals surface area (Å²) in [5.41, 5.74) is 2.90. The molecule has 22 heavy (non-hydrogen) atoms. The van der Waals surface area contributed by atoms with E-state index in [0.717, 1.165) is 6.42 Å². The molecule has 1 heteroatoms. The maximum Gasteiger partial charge on any atom is 0.0176 e. The van der Waals surface area contributed by atoms with E-state index in [9.17, 15) is 0 Å². The third kappa shape index (κ3) is 3.38. The summed E-state index contributed by atoms with van der Waals surface area (Å²) >= 11 is 0. The second kappa shape index (κ2) is 5.97. The Labute approximate surface area is 138 Å². The monoisotopic (exact) mass is 314 g/mol. The minimum absolute atomic E-state index is 0.224. The third-order valence-electron chi connectivity index (χ3n) is 4.41. The fraction of sp³-hybridized carbons (Fsp3) is 0.524. The van der Waals surface area contributed by atoms with Crippen molar-refractivity contribution in [2.45, 2.75) is 70.4 Å². The Kier molecular flexibility index (Phi) is 4.74. The van der Waals surface area contributed by atoms with E-state index < -0.39 is 0 Å². The van der Waals surface area contributed by atoms with Crippen molar-refractivity contribution in [1.82, 2.24) is 0 Å². The van der Waals surface area contributed by atoms with Crippen molar-refractivity contribution in [3.05, 3.63) is 54.1 Å².